The molecule has 2 aliphatic heterocycles. The minimum Gasteiger partial charge on any atom is -0.493 e. The van der Waals surface area contributed by atoms with Gasteiger partial charge in [-0.05, 0) is 31.9 Å². The zero-order valence-corrected chi connectivity index (χ0v) is 12.9. The molecule has 0 radical (unpaired) electrons. The molecule has 2 heterocycles. The molecule has 1 aromatic carbocycles. The van der Waals surface area contributed by atoms with E-state index in [9.17, 15) is 0 Å². The lowest BCUT2D eigenvalue weighted by Gasteiger charge is -2.37. The van der Waals surface area contributed by atoms with Gasteiger partial charge in [0.15, 0.2) is 0 Å². The van der Waals surface area contributed by atoms with Crippen molar-refractivity contribution in [3.8, 4) is 5.75 Å². The molecular formula is C16H22BrNO. The molecule has 2 aliphatic rings. The molecule has 2 atom stereocenters. The molecule has 0 saturated carbocycles. The maximum atomic E-state index is 5.81. The summed E-state index contributed by atoms with van der Waals surface area (Å²) < 4.78 is 5.81. The minimum atomic E-state index is 0.562. The first kappa shape index (κ1) is 13.4. The molecule has 0 N–H and O–H groups in total. The second kappa shape index (κ2) is 6.27. The number of piperidine rings is 1. The van der Waals surface area contributed by atoms with Crippen molar-refractivity contribution in [1.29, 1.82) is 0 Å². The van der Waals surface area contributed by atoms with Gasteiger partial charge in [0.2, 0.25) is 0 Å². The Morgan fingerprint density at radius 1 is 1.26 bits per heavy atom. The molecule has 2 unspecified atom stereocenters. The van der Waals surface area contributed by atoms with Gasteiger partial charge in [-0.25, -0.2) is 0 Å². The third kappa shape index (κ3) is 2.97. The van der Waals surface area contributed by atoms with Gasteiger partial charge in [-0.2, -0.15) is 0 Å². The Kier molecular flexibility index (Phi) is 4.44. The van der Waals surface area contributed by atoms with Crippen molar-refractivity contribution in [2.75, 3.05) is 25.0 Å². The van der Waals surface area contributed by atoms with E-state index in [4.69, 9.17) is 4.74 Å². The van der Waals surface area contributed by atoms with Gasteiger partial charge < -0.3 is 4.74 Å². The first-order chi connectivity index (χ1) is 9.38. The van der Waals surface area contributed by atoms with E-state index in [0.717, 1.165) is 30.3 Å². The molecule has 3 rings (SSSR count). The van der Waals surface area contributed by atoms with Crippen LogP contribution < -0.4 is 4.74 Å². The van der Waals surface area contributed by atoms with E-state index < -0.39 is 0 Å². The van der Waals surface area contributed by atoms with Gasteiger partial charge in [0, 0.05) is 29.4 Å². The Morgan fingerprint density at radius 3 is 3.05 bits per heavy atom. The number of alkyl halides is 1. The van der Waals surface area contributed by atoms with Crippen molar-refractivity contribution < 1.29 is 4.74 Å². The van der Waals surface area contributed by atoms with Gasteiger partial charge in [-0.15, -0.1) is 0 Å². The van der Waals surface area contributed by atoms with E-state index in [1.54, 1.807) is 0 Å². The molecule has 0 bridgehead atoms. The number of likely N-dealkylation sites (tertiary alicyclic amines) is 1. The number of nitrogens with zero attached hydrogens (tertiary/aromatic N) is 1. The van der Waals surface area contributed by atoms with Crippen molar-refractivity contribution in [2.45, 2.75) is 37.6 Å². The summed E-state index contributed by atoms with van der Waals surface area (Å²) >= 11 is 3.60. The molecule has 0 amide bonds. The van der Waals surface area contributed by atoms with E-state index in [1.807, 2.05) is 0 Å². The van der Waals surface area contributed by atoms with Crippen LogP contribution in [0.2, 0.25) is 0 Å². The minimum absolute atomic E-state index is 0.562. The summed E-state index contributed by atoms with van der Waals surface area (Å²) in [5.74, 6) is 1.66. The summed E-state index contributed by atoms with van der Waals surface area (Å²) in [5, 5.41) is 1.12. The Bertz CT molecular complexity index is 421. The van der Waals surface area contributed by atoms with Crippen molar-refractivity contribution >= 4 is 15.9 Å². The van der Waals surface area contributed by atoms with Crippen LogP contribution in [0.5, 0.6) is 5.75 Å². The van der Waals surface area contributed by atoms with Crippen LogP contribution in [-0.4, -0.2) is 36.0 Å². The smallest absolute Gasteiger partial charge is 0.122 e. The largest absolute Gasteiger partial charge is 0.493 e. The second-order valence-corrected chi connectivity index (χ2v) is 6.46. The molecular weight excluding hydrogens is 302 g/mol. The third-order valence-corrected chi connectivity index (χ3v) is 4.90. The number of para-hydroxylation sites is 1. The first-order valence-corrected chi connectivity index (χ1v) is 8.52. The lowest BCUT2D eigenvalue weighted by atomic mass is 9.95. The molecule has 19 heavy (non-hydrogen) atoms. The number of ether oxygens (including phenoxy) is 1. The molecule has 1 aromatic rings. The van der Waals surface area contributed by atoms with Crippen molar-refractivity contribution in [3.63, 3.8) is 0 Å². The molecule has 0 aliphatic carbocycles. The maximum absolute atomic E-state index is 5.81. The highest BCUT2D eigenvalue weighted by Gasteiger charge is 2.29. The van der Waals surface area contributed by atoms with Gasteiger partial charge in [0.05, 0.1) is 6.61 Å². The number of hydrogen-bond acceptors (Lipinski definition) is 2. The SMILES string of the molecule is BrCCC1CCCCN1CC1COc2ccccc21. The third-order valence-electron chi connectivity index (χ3n) is 4.45. The van der Waals surface area contributed by atoms with Gasteiger partial charge in [0.1, 0.15) is 5.75 Å². The average molecular weight is 324 g/mol. The van der Waals surface area contributed by atoms with Gasteiger partial charge in [0.25, 0.3) is 0 Å². The molecule has 3 heteroatoms. The Labute approximate surface area is 124 Å². The maximum Gasteiger partial charge on any atom is 0.122 e. The summed E-state index contributed by atoms with van der Waals surface area (Å²) in [4.78, 5) is 2.70. The van der Waals surface area contributed by atoms with Crippen LogP contribution in [0.3, 0.4) is 0 Å². The number of halogens is 1. The molecule has 0 aromatic heterocycles. The summed E-state index contributed by atoms with van der Waals surface area (Å²) in [6.07, 6.45) is 5.38. The lowest BCUT2D eigenvalue weighted by Crippen LogP contribution is -2.42. The normalized spacial score (nSPS) is 27.0. The molecule has 0 spiro atoms. The summed E-state index contributed by atoms with van der Waals surface area (Å²) in [5.41, 5.74) is 1.41. The highest BCUT2D eigenvalue weighted by molar-refractivity contribution is 9.09. The van der Waals surface area contributed by atoms with E-state index in [0.29, 0.717) is 5.92 Å². The van der Waals surface area contributed by atoms with Crippen LogP contribution in [0.4, 0.5) is 0 Å². The van der Waals surface area contributed by atoms with Gasteiger partial charge in [-0.3, -0.25) is 4.90 Å². The average Bonchev–Trinajstić information content (AvgIpc) is 2.85. The number of rotatable bonds is 4. The molecule has 1 saturated heterocycles. The predicted octanol–water partition coefficient (Wildman–Crippen LogP) is 3.80. The van der Waals surface area contributed by atoms with Crippen molar-refractivity contribution in [2.24, 2.45) is 0 Å². The fraction of sp³-hybridized carbons (Fsp3) is 0.625. The molecule has 2 nitrogen and oxygen atoms in total. The van der Waals surface area contributed by atoms with E-state index >= 15 is 0 Å². The highest BCUT2D eigenvalue weighted by atomic mass is 79.9. The molecule has 1 fully saturated rings. The molecule has 104 valence electrons. The van der Waals surface area contributed by atoms with E-state index in [1.165, 1.54) is 37.8 Å². The quantitative estimate of drug-likeness (QED) is 0.781. The fourth-order valence-electron chi connectivity index (χ4n) is 3.42. The Balaban J connectivity index is 1.67. The van der Waals surface area contributed by atoms with Crippen LogP contribution in [0.15, 0.2) is 24.3 Å². The number of hydrogen-bond donors (Lipinski definition) is 0. The van der Waals surface area contributed by atoms with E-state index in [2.05, 4.69) is 45.1 Å². The van der Waals surface area contributed by atoms with Crippen molar-refractivity contribution in [3.05, 3.63) is 29.8 Å². The highest BCUT2D eigenvalue weighted by Crippen LogP contribution is 2.35. The summed E-state index contributed by atoms with van der Waals surface area (Å²) in [6.45, 7) is 3.28. The van der Waals surface area contributed by atoms with Gasteiger partial charge in [-0.1, -0.05) is 40.5 Å². The van der Waals surface area contributed by atoms with Crippen LogP contribution in [0.1, 0.15) is 37.2 Å². The zero-order valence-electron chi connectivity index (χ0n) is 11.4. The predicted molar refractivity (Wildman–Crippen MR) is 82.3 cm³/mol. The first-order valence-electron chi connectivity index (χ1n) is 7.40. The Hall–Kier alpha value is -0.540. The monoisotopic (exact) mass is 323 g/mol. The van der Waals surface area contributed by atoms with Gasteiger partial charge >= 0.3 is 0 Å². The standard InChI is InChI=1S/C16H22BrNO/c17-9-8-14-5-3-4-10-18(14)11-13-12-19-16-7-2-1-6-15(13)16/h1-2,6-7,13-14H,3-5,8-12H2. The van der Waals surface area contributed by atoms with Crippen LogP contribution in [0.25, 0.3) is 0 Å². The second-order valence-electron chi connectivity index (χ2n) is 5.67. The Morgan fingerprint density at radius 2 is 2.16 bits per heavy atom. The summed E-state index contributed by atoms with van der Waals surface area (Å²) in [7, 11) is 0. The number of benzene rings is 1. The number of fused-ring (bicyclic) bond motifs is 1. The van der Waals surface area contributed by atoms with Crippen LogP contribution in [-0.2, 0) is 0 Å². The lowest BCUT2D eigenvalue weighted by molar-refractivity contribution is 0.130. The topological polar surface area (TPSA) is 12.5 Å². The van der Waals surface area contributed by atoms with E-state index in [-0.39, 0.29) is 0 Å². The zero-order chi connectivity index (χ0) is 13.1. The van der Waals surface area contributed by atoms with Crippen LogP contribution >= 0.6 is 15.9 Å². The fourth-order valence-corrected chi connectivity index (χ4v) is 3.95. The van der Waals surface area contributed by atoms with Crippen molar-refractivity contribution in [1.82, 2.24) is 4.90 Å². The summed E-state index contributed by atoms with van der Waals surface area (Å²) in [6, 6.07) is 9.29. The van der Waals surface area contributed by atoms with Crippen LogP contribution in [0, 0.1) is 0 Å².